The average molecular weight is 399 g/mol. The molecular formula is C19H11ClN2O2S2. The van der Waals surface area contributed by atoms with Crippen LogP contribution in [0, 0.1) is 0 Å². The predicted octanol–water partition coefficient (Wildman–Crippen LogP) is 5.00. The third-order valence-electron chi connectivity index (χ3n) is 3.87. The summed E-state index contributed by atoms with van der Waals surface area (Å²) in [5.41, 5.74) is 1.94. The normalized spacial score (nSPS) is 16.0. The molecule has 0 atom stereocenters. The van der Waals surface area contributed by atoms with Crippen molar-refractivity contribution in [3.05, 3.63) is 70.2 Å². The fraction of sp³-hybridized carbons (Fsp3) is 0. The first-order chi connectivity index (χ1) is 12.5. The Morgan fingerprint density at radius 2 is 1.88 bits per heavy atom. The molecule has 0 bridgehead atoms. The molecule has 2 aromatic carbocycles. The highest BCUT2D eigenvalue weighted by atomic mass is 35.5. The van der Waals surface area contributed by atoms with Crippen molar-refractivity contribution in [2.24, 2.45) is 0 Å². The van der Waals surface area contributed by atoms with Crippen molar-refractivity contribution in [1.82, 2.24) is 4.98 Å². The number of thiocarbonyl (C=S) groups is 1. The average Bonchev–Trinajstić information content (AvgIpc) is 2.90. The molecule has 1 aromatic heterocycles. The second kappa shape index (κ2) is 6.72. The molecule has 26 heavy (non-hydrogen) atoms. The molecular weight excluding hydrogens is 388 g/mol. The van der Waals surface area contributed by atoms with E-state index in [1.807, 2.05) is 24.3 Å². The minimum Gasteiger partial charge on any atom is -0.508 e. The largest absolute Gasteiger partial charge is 0.508 e. The number of nitrogens with zero attached hydrogens (tertiary/aromatic N) is 2. The van der Waals surface area contributed by atoms with Gasteiger partial charge in [-0.15, -0.1) is 0 Å². The zero-order chi connectivity index (χ0) is 18.3. The molecule has 2 heterocycles. The maximum atomic E-state index is 12.8. The van der Waals surface area contributed by atoms with Crippen LogP contribution in [-0.4, -0.2) is 20.3 Å². The maximum absolute atomic E-state index is 12.8. The Labute approximate surface area is 164 Å². The Balaban J connectivity index is 1.70. The van der Waals surface area contributed by atoms with E-state index in [0.29, 0.717) is 31.1 Å². The summed E-state index contributed by atoms with van der Waals surface area (Å²) >= 11 is 12.8. The van der Waals surface area contributed by atoms with Crippen molar-refractivity contribution in [3.63, 3.8) is 0 Å². The van der Waals surface area contributed by atoms with Crippen LogP contribution in [0.4, 0.5) is 5.69 Å². The van der Waals surface area contributed by atoms with Crippen LogP contribution < -0.4 is 4.90 Å². The first-order valence-electron chi connectivity index (χ1n) is 7.65. The van der Waals surface area contributed by atoms with Crippen LogP contribution >= 0.6 is 35.6 Å². The number of rotatable bonds is 2. The molecule has 1 aliphatic heterocycles. The summed E-state index contributed by atoms with van der Waals surface area (Å²) in [5, 5.41) is 10.9. The van der Waals surface area contributed by atoms with Crippen molar-refractivity contribution >= 4 is 68.5 Å². The topological polar surface area (TPSA) is 53.4 Å². The third-order valence-corrected chi connectivity index (χ3v) is 5.48. The number of hydrogen-bond acceptors (Lipinski definition) is 5. The molecule has 128 valence electrons. The molecule has 0 saturated carbocycles. The number of amides is 1. The second-order valence-electron chi connectivity index (χ2n) is 5.58. The first-order valence-corrected chi connectivity index (χ1v) is 9.25. The Bertz CT molecular complexity index is 1080. The Kier molecular flexibility index (Phi) is 4.40. The molecule has 1 saturated heterocycles. The van der Waals surface area contributed by atoms with Crippen LogP contribution in [0.25, 0.3) is 17.0 Å². The number of phenols is 1. The van der Waals surface area contributed by atoms with Crippen molar-refractivity contribution in [1.29, 1.82) is 0 Å². The van der Waals surface area contributed by atoms with Gasteiger partial charge in [-0.2, -0.15) is 0 Å². The minimum atomic E-state index is -0.216. The summed E-state index contributed by atoms with van der Waals surface area (Å²) < 4.78 is 0.436. The van der Waals surface area contributed by atoms with Crippen LogP contribution in [0.5, 0.6) is 5.75 Å². The SMILES string of the molecule is O=C1C(=Cc2ccc3cccc(Cl)c3n2)SC(=S)N1c1ccc(O)cc1. The van der Waals surface area contributed by atoms with Gasteiger partial charge in [0.2, 0.25) is 0 Å². The first kappa shape index (κ1) is 17.0. The highest BCUT2D eigenvalue weighted by Gasteiger charge is 2.33. The predicted molar refractivity (Wildman–Crippen MR) is 111 cm³/mol. The van der Waals surface area contributed by atoms with Crippen molar-refractivity contribution in [2.75, 3.05) is 4.90 Å². The Hall–Kier alpha value is -2.41. The quantitative estimate of drug-likeness (QED) is 0.486. The molecule has 0 aliphatic carbocycles. The number of para-hydroxylation sites is 1. The van der Waals surface area contributed by atoms with E-state index in [-0.39, 0.29) is 11.7 Å². The van der Waals surface area contributed by atoms with Gasteiger partial charge in [-0.3, -0.25) is 9.69 Å². The third kappa shape index (κ3) is 3.07. The molecule has 1 amide bonds. The van der Waals surface area contributed by atoms with E-state index < -0.39 is 0 Å². The van der Waals surface area contributed by atoms with Crippen LogP contribution in [-0.2, 0) is 4.79 Å². The van der Waals surface area contributed by atoms with Gasteiger partial charge in [-0.25, -0.2) is 4.98 Å². The molecule has 4 nitrogen and oxygen atoms in total. The Morgan fingerprint density at radius 3 is 2.65 bits per heavy atom. The molecule has 1 N–H and O–H groups in total. The van der Waals surface area contributed by atoms with Crippen LogP contribution in [0.2, 0.25) is 5.02 Å². The van der Waals surface area contributed by atoms with E-state index in [0.717, 1.165) is 5.39 Å². The maximum Gasteiger partial charge on any atom is 0.270 e. The van der Waals surface area contributed by atoms with Gasteiger partial charge in [0.05, 0.1) is 26.8 Å². The second-order valence-corrected chi connectivity index (χ2v) is 7.66. The minimum absolute atomic E-state index is 0.131. The summed E-state index contributed by atoms with van der Waals surface area (Å²) in [5.74, 6) is -0.0845. The van der Waals surface area contributed by atoms with E-state index in [2.05, 4.69) is 4.98 Å². The summed E-state index contributed by atoms with van der Waals surface area (Å²) in [6.07, 6.45) is 1.71. The smallest absolute Gasteiger partial charge is 0.270 e. The molecule has 0 radical (unpaired) electrons. The molecule has 3 aromatic rings. The molecule has 1 aliphatic rings. The number of thioether (sulfide) groups is 1. The fourth-order valence-electron chi connectivity index (χ4n) is 2.63. The van der Waals surface area contributed by atoms with Crippen molar-refractivity contribution < 1.29 is 9.90 Å². The Morgan fingerprint density at radius 1 is 1.12 bits per heavy atom. The van der Waals surface area contributed by atoms with E-state index in [4.69, 9.17) is 23.8 Å². The van der Waals surface area contributed by atoms with E-state index in [9.17, 15) is 9.90 Å². The highest BCUT2D eigenvalue weighted by molar-refractivity contribution is 8.27. The van der Waals surface area contributed by atoms with Gasteiger partial charge in [0.25, 0.3) is 5.91 Å². The fourth-order valence-corrected chi connectivity index (χ4v) is 4.14. The number of hydrogen-bond donors (Lipinski definition) is 1. The lowest BCUT2D eigenvalue weighted by Gasteiger charge is -2.14. The molecule has 4 rings (SSSR count). The number of fused-ring (bicyclic) bond motifs is 1. The number of aromatic nitrogens is 1. The summed E-state index contributed by atoms with van der Waals surface area (Å²) in [7, 11) is 0. The summed E-state index contributed by atoms with van der Waals surface area (Å²) in [6.45, 7) is 0. The standard InChI is InChI=1S/C19H11ClN2O2S2/c20-15-3-1-2-11-4-5-12(21-17(11)15)10-16-18(24)22(19(25)26-16)13-6-8-14(23)9-7-13/h1-10,23H. The van der Waals surface area contributed by atoms with E-state index in [1.54, 1.807) is 24.3 Å². The van der Waals surface area contributed by atoms with Crippen molar-refractivity contribution in [2.45, 2.75) is 0 Å². The van der Waals surface area contributed by atoms with Gasteiger partial charge in [-0.05, 0) is 42.5 Å². The van der Waals surface area contributed by atoms with Gasteiger partial charge in [-0.1, -0.05) is 53.8 Å². The van der Waals surface area contributed by atoms with Gasteiger partial charge >= 0.3 is 0 Å². The number of anilines is 1. The number of phenolic OH excluding ortho intramolecular Hbond substituents is 1. The van der Waals surface area contributed by atoms with Crippen LogP contribution in [0.3, 0.4) is 0 Å². The monoisotopic (exact) mass is 398 g/mol. The zero-order valence-electron chi connectivity index (χ0n) is 13.2. The molecule has 0 spiro atoms. The number of benzene rings is 2. The number of pyridine rings is 1. The highest BCUT2D eigenvalue weighted by Crippen LogP contribution is 2.36. The zero-order valence-corrected chi connectivity index (χ0v) is 15.6. The van der Waals surface area contributed by atoms with Gasteiger partial charge in [0.15, 0.2) is 4.32 Å². The molecule has 0 unspecified atom stereocenters. The van der Waals surface area contributed by atoms with Gasteiger partial charge in [0.1, 0.15) is 5.75 Å². The van der Waals surface area contributed by atoms with Crippen molar-refractivity contribution in [3.8, 4) is 5.75 Å². The number of carbonyl (C=O) groups excluding carboxylic acids is 1. The lowest BCUT2D eigenvalue weighted by Crippen LogP contribution is -2.27. The van der Waals surface area contributed by atoms with E-state index in [1.165, 1.54) is 28.8 Å². The summed E-state index contributed by atoms with van der Waals surface area (Å²) in [4.78, 5) is 19.2. The number of aromatic hydroxyl groups is 1. The van der Waals surface area contributed by atoms with E-state index >= 15 is 0 Å². The molecule has 7 heteroatoms. The lowest BCUT2D eigenvalue weighted by atomic mass is 10.2. The number of halogens is 1. The molecule has 1 fully saturated rings. The number of carbonyl (C=O) groups is 1. The van der Waals surface area contributed by atoms with Crippen LogP contribution in [0.1, 0.15) is 5.69 Å². The van der Waals surface area contributed by atoms with Gasteiger partial charge in [0, 0.05) is 5.39 Å². The van der Waals surface area contributed by atoms with Crippen LogP contribution in [0.15, 0.2) is 59.5 Å². The summed E-state index contributed by atoms with van der Waals surface area (Å²) in [6, 6.07) is 15.7. The van der Waals surface area contributed by atoms with Gasteiger partial charge < -0.3 is 5.11 Å². The lowest BCUT2D eigenvalue weighted by molar-refractivity contribution is -0.113.